The first-order valence-electron chi connectivity index (χ1n) is 8.46. The van der Waals surface area contributed by atoms with E-state index in [2.05, 4.69) is 24.4 Å². The molecule has 9 heteroatoms. The van der Waals surface area contributed by atoms with Gasteiger partial charge in [0.15, 0.2) is 0 Å². The summed E-state index contributed by atoms with van der Waals surface area (Å²) >= 11 is 1.61. The van der Waals surface area contributed by atoms with Crippen molar-refractivity contribution in [2.24, 2.45) is 0 Å². The van der Waals surface area contributed by atoms with Crippen LogP contribution in [0.5, 0.6) is 0 Å². The van der Waals surface area contributed by atoms with Gasteiger partial charge in [-0.05, 0) is 49.8 Å². The Labute approximate surface area is 176 Å². The molecular formula is C18H24ClN3O3PPt+. The molecule has 0 fully saturated rings. The third-order valence-corrected chi connectivity index (χ3v) is 4.59. The number of hydrogen-bond donors (Lipinski definition) is 0. The van der Waals surface area contributed by atoms with Crippen LogP contribution < -0.4 is 4.98 Å². The largest absolute Gasteiger partial charge is 0.434 e. The zero-order chi connectivity index (χ0) is 19.9. The SMILES string of the molecule is CCO[PH+](OCC)OCC.[Cl][Pt+].c1ccc(-c2nc3ccccc3[n-]2)nc1. The summed E-state index contributed by atoms with van der Waals surface area (Å²) in [6, 6.07) is 13.5. The van der Waals surface area contributed by atoms with Crippen LogP contribution in [-0.4, -0.2) is 29.8 Å². The van der Waals surface area contributed by atoms with Crippen molar-refractivity contribution in [3.63, 3.8) is 0 Å². The summed E-state index contributed by atoms with van der Waals surface area (Å²) in [6.07, 6.45) is 1.75. The van der Waals surface area contributed by atoms with E-state index in [0.717, 1.165) is 16.7 Å². The number of fused-ring (bicyclic) bond motifs is 1. The minimum absolute atomic E-state index is 0.661. The van der Waals surface area contributed by atoms with Gasteiger partial charge in [-0.15, -0.1) is 0 Å². The van der Waals surface area contributed by atoms with E-state index < -0.39 is 8.60 Å². The van der Waals surface area contributed by atoms with Crippen LogP contribution >= 0.6 is 18.0 Å². The molecule has 6 nitrogen and oxygen atoms in total. The van der Waals surface area contributed by atoms with Crippen LogP contribution in [0.1, 0.15) is 20.8 Å². The molecule has 0 amide bonds. The maximum Gasteiger partial charge on any atom is 0.0620 e. The van der Waals surface area contributed by atoms with Crippen LogP contribution in [0.4, 0.5) is 0 Å². The second-order valence-corrected chi connectivity index (χ2v) is 6.17. The van der Waals surface area contributed by atoms with Crippen molar-refractivity contribution >= 4 is 29.1 Å². The number of aromatic nitrogens is 3. The van der Waals surface area contributed by atoms with Crippen LogP contribution in [0.15, 0.2) is 48.7 Å². The first-order valence-corrected chi connectivity index (χ1v) is 12.5. The van der Waals surface area contributed by atoms with Gasteiger partial charge in [0.1, 0.15) is 0 Å². The molecule has 0 saturated heterocycles. The van der Waals surface area contributed by atoms with Gasteiger partial charge in [0.05, 0.1) is 25.5 Å². The van der Waals surface area contributed by atoms with Crippen molar-refractivity contribution in [2.75, 3.05) is 19.8 Å². The third-order valence-electron chi connectivity index (χ3n) is 3.01. The standard InChI is InChI=1S/C12H8N3.C6H16O3P.ClH.Pt/c1-2-6-10-9(5-1)14-12(15-10)11-7-3-4-8-13-11;1-4-7-10(8-5-2)9-6-3;;/h1-8H;10H,4-6H2,1-3H3;1H;/q-1;+1;;+2/p-1. The Bertz CT molecular complexity index is 702. The number of hydrogen-bond acceptors (Lipinski definition) is 5. The Balaban J connectivity index is 0.000000268. The number of nitrogens with zero attached hydrogens (tertiary/aromatic N) is 3. The maximum atomic E-state index is 5.18. The van der Waals surface area contributed by atoms with Crippen LogP contribution in [0, 0.1) is 0 Å². The molecule has 0 aliphatic rings. The predicted molar refractivity (Wildman–Crippen MR) is 107 cm³/mol. The number of halogens is 1. The second kappa shape index (κ2) is 15.1. The summed E-state index contributed by atoms with van der Waals surface area (Å²) < 4.78 is 15.5. The van der Waals surface area contributed by atoms with Gasteiger partial charge in [-0.3, -0.25) is 4.98 Å². The normalized spacial score (nSPS) is 10.2. The molecule has 0 unspecified atom stereocenters. The number of imidazole rings is 1. The van der Waals surface area contributed by atoms with Gasteiger partial charge in [0, 0.05) is 6.20 Å². The van der Waals surface area contributed by atoms with Gasteiger partial charge in [-0.2, -0.15) is 13.6 Å². The monoisotopic (exact) mass is 591 g/mol. The van der Waals surface area contributed by atoms with Crippen molar-refractivity contribution in [3.8, 4) is 11.5 Å². The average Bonchev–Trinajstić information content (AvgIpc) is 3.16. The van der Waals surface area contributed by atoms with Gasteiger partial charge >= 0.3 is 36.8 Å². The molecule has 0 bridgehead atoms. The second-order valence-electron chi connectivity index (χ2n) is 4.80. The Kier molecular flexibility index (Phi) is 13.5. The molecule has 0 N–H and O–H groups in total. The minimum atomic E-state index is -1.40. The molecule has 150 valence electrons. The number of rotatable bonds is 7. The summed E-state index contributed by atoms with van der Waals surface area (Å²) in [7, 11) is 3.21. The van der Waals surface area contributed by atoms with Crippen molar-refractivity contribution in [1.82, 2.24) is 15.0 Å². The number of benzene rings is 1. The molecule has 0 saturated carbocycles. The molecule has 0 atom stereocenters. The van der Waals surface area contributed by atoms with E-state index in [1.807, 2.05) is 63.2 Å². The molecule has 0 aliphatic heterocycles. The first kappa shape index (κ1) is 24.2. The third kappa shape index (κ3) is 8.78. The molecule has 0 radical (unpaired) electrons. The van der Waals surface area contributed by atoms with Gasteiger partial charge in [-0.25, -0.2) is 0 Å². The molecule has 2 heterocycles. The zero-order valence-corrected chi connectivity index (χ0v) is 19.5. The van der Waals surface area contributed by atoms with Gasteiger partial charge < -0.3 is 9.97 Å². The zero-order valence-electron chi connectivity index (χ0n) is 15.5. The van der Waals surface area contributed by atoms with E-state index in [1.165, 1.54) is 0 Å². The van der Waals surface area contributed by atoms with E-state index >= 15 is 0 Å². The topological polar surface area (TPSA) is 67.6 Å². The van der Waals surface area contributed by atoms with E-state index in [-0.39, 0.29) is 0 Å². The van der Waals surface area contributed by atoms with E-state index in [1.54, 1.807) is 25.0 Å². The minimum Gasteiger partial charge on any atom is -0.434 e. The molecule has 1 aromatic carbocycles. The first-order chi connectivity index (χ1) is 13.3. The van der Waals surface area contributed by atoms with Crippen molar-refractivity contribution in [1.29, 1.82) is 0 Å². The van der Waals surface area contributed by atoms with Crippen molar-refractivity contribution in [2.45, 2.75) is 20.8 Å². The fourth-order valence-electron chi connectivity index (χ4n) is 1.99. The summed E-state index contributed by atoms with van der Waals surface area (Å²) in [4.78, 5) is 13.0. The van der Waals surface area contributed by atoms with Crippen LogP contribution in [0.25, 0.3) is 22.6 Å². The quantitative estimate of drug-likeness (QED) is 0.361. The number of para-hydroxylation sites is 2. The molecule has 3 aromatic rings. The van der Waals surface area contributed by atoms with Gasteiger partial charge in [0.25, 0.3) is 0 Å². The van der Waals surface area contributed by atoms with Gasteiger partial charge in [0.2, 0.25) is 0 Å². The van der Waals surface area contributed by atoms with Crippen LogP contribution in [0.2, 0.25) is 0 Å². The maximum absolute atomic E-state index is 5.18. The summed E-state index contributed by atoms with van der Waals surface area (Å²) in [5.41, 5.74) is 2.64. The summed E-state index contributed by atoms with van der Waals surface area (Å²) in [6.45, 7) is 7.78. The fourth-order valence-corrected chi connectivity index (χ4v) is 2.95. The van der Waals surface area contributed by atoms with E-state index in [4.69, 9.17) is 13.6 Å². The molecule has 3 rings (SSSR count). The molecular weight excluding hydrogens is 568 g/mol. The van der Waals surface area contributed by atoms with Crippen LogP contribution in [0.3, 0.4) is 0 Å². The predicted octanol–water partition coefficient (Wildman–Crippen LogP) is 5.00. The van der Waals surface area contributed by atoms with E-state index in [0.29, 0.717) is 25.6 Å². The fraction of sp³-hybridized carbons (Fsp3) is 0.333. The molecule has 0 aliphatic carbocycles. The van der Waals surface area contributed by atoms with Crippen molar-refractivity contribution < 1.29 is 32.3 Å². The van der Waals surface area contributed by atoms with E-state index in [9.17, 15) is 0 Å². The Morgan fingerprint density at radius 3 is 2.04 bits per heavy atom. The molecule has 2 aromatic heterocycles. The summed E-state index contributed by atoms with van der Waals surface area (Å²) in [5.74, 6) is 0.691. The Morgan fingerprint density at radius 1 is 0.926 bits per heavy atom. The molecule has 27 heavy (non-hydrogen) atoms. The Morgan fingerprint density at radius 2 is 1.52 bits per heavy atom. The van der Waals surface area contributed by atoms with Crippen LogP contribution in [-0.2, 0) is 32.3 Å². The molecule has 0 spiro atoms. The average molecular weight is 592 g/mol. The Hall–Kier alpha value is -0.872. The van der Waals surface area contributed by atoms with Gasteiger partial charge in [-0.1, -0.05) is 30.3 Å². The number of pyridine rings is 1. The smallest absolute Gasteiger partial charge is 0.0620 e. The van der Waals surface area contributed by atoms with Crippen molar-refractivity contribution in [3.05, 3.63) is 48.7 Å². The summed E-state index contributed by atoms with van der Waals surface area (Å²) in [5, 5.41) is 0.